The molecule has 3 heteroatoms. The molecule has 0 aliphatic rings. The highest BCUT2D eigenvalue weighted by Crippen LogP contribution is 2.14. The molecule has 0 bridgehead atoms. The van der Waals surface area contributed by atoms with Gasteiger partial charge in [0.15, 0.2) is 0 Å². The van der Waals surface area contributed by atoms with E-state index in [1.54, 1.807) is 0 Å². The minimum absolute atomic E-state index is 0.0136. The predicted molar refractivity (Wildman–Crippen MR) is 79.7 cm³/mol. The quantitative estimate of drug-likeness (QED) is 0.683. The van der Waals surface area contributed by atoms with E-state index in [4.69, 9.17) is 4.74 Å². The van der Waals surface area contributed by atoms with Crippen molar-refractivity contribution >= 4 is 0 Å². The molecule has 2 N–H and O–H groups in total. The maximum atomic E-state index is 9.23. The number of aliphatic hydroxyl groups is 1. The van der Waals surface area contributed by atoms with E-state index >= 15 is 0 Å². The van der Waals surface area contributed by atoms with Crippen LogP contribution in [0.15, 0.2) is 24.3 Å². The SMILES string of the molecule is CCCCc1ccc(OCC(CO)NCCC)cc1. The second-order valence-corrected chi connectivity index (χ2v) is 4.89. The van der Waals surface area contributed by atoms with Crippen molar-refractivity contribution in [2.45, 2.75) is 45.6 Å². The van der Waals surface area contributed by atoms with Gasteiger partial charge < -0.3 is 15.2 Å². The van der Waals surface area contributed by atoms with Crippen LogP contribution in [-0.4, -0.2) is 30.9 Å². The monoisotopic (exact) mass is 265 g/mol. The molecule has 0 fully saturated rings. The van der Waals surface area contributed by atoms with Gasteiger partial charge in [-0.05, 0) is 43.5 Å². The zero-order valence-electron chi connectivity index (χ0n) is 12.2. The Hall–Kier alpha value is -1.06. The average Bonchev–Trinajstić information content (AvgIpc) is 2.46. The van der Waals surface area contributed by atoms with E-state index in [9.17, 15) is 5.11 Å². The minimum Gasteiger partial charge on any atom is -0.492 e. The maximum absolute atomic E-state index is 9.23. The van der Waals surface area contributed by atoms with Gasteiger partial charge in [0.25, 0.3) is 0 Å². The van der Waals surface area contributed by atoms with Gasteiger partial charge in [-0.3, -0.25) is 0 Å². The number of nitrogens with one attached hydrogen (secondary N) is 1. The summed E-state index contributed by atoms with van der Waals surface area (Å²) in [5, 5.41) is 12.5. The molecular weight excluding hydrogens is 238 g/mol. The summed E-state index contributed by atoms with van der Waals surface area (Å²) in [5.74, 6) is 0.872. The molecule has 1 unspecified atom stereocenters. The van der Waals surface area contributed by atoms with Gasteiger partial charge in [-0.25, -0.2) is 0 Å². The molecule has 1 atom stereocenters. The van der Waals surface area contributed by atoms with Gasteiger partial charge in [0.05, 0.1) is 12.6 Å². The van der Waals surface area contributed by atoms with Gasteiger partial charge in [-0.1, -0.05) is 32.4 Å². The van der Waals surface area contributed by atoms with Crippen molar-refractivity contribution < 1.29 is 9.84 Å². The van der Waals surface area contributed by atoms with Crippen molar-refractivity contribution in [3.63, 3.8) is 0 Å². The fourth-order valence-electron chi connectivity index (χ4n) is 1.85. The molecule has 0 heterocycles. The van der Waals surface area contributed by atoms with Crippen molar-refractivity contribution in [2.75, 3.05) is 19.8 Å². The number of aryl methyl sites for hydroxylation is 1. The number of ether oxygens (including phenoxy) is 1. The van der Waals surface area contributed by atoms with Crippen molar-refractivity contribution in [1.29, 1.82) is 0 Å². The Morgan fingerprint density at radius 3 is 2.47 bits per heavy atom. The molecule has 0 spiro atoms. The van der Waals surface area contributed by atoms with Crippen LogP contribution < -0.4 is 10.1 Å². The van der Waals surface area contributed by atoms with Gasteiger partial charge in [0.2, 0.25) is 0 Å². The fraction of sp³-hybridized carbons (Fsp3) is 0.625. The summed E-state index contributed by atoms with van der Waals surface area (Å²) >= 11 is 0. The molecule has 0 saturated heterocycles. The summed E-state index contributed by atoms with van der Waals surface area (Å²) in [6.45, 7) is 5.83. The Morgan fingerprint density at radius 1 is 1.16 bits per heavy atom. The van der Waals surface area contributed by atoms with Gasteiger partial charge in [0, 0.05) is 0 Å². The molecule has 0 saturated carbocycles. The smallest absolute Gasteiger partial charge is 0.119 e. The molecule has 0 aliphatic carbocycles. The molecule has 1 aromatic rings. The summed E-state index contributed by atoms with van der Waals surface area (Å²) < 4.78 is 5.69. The Kier molecular flexibility index (Phi) is 8.26. The lowest BCUT2D eigenvalue weighted by molar-refractivity contribution is 0.183. The minimum atomic E-state index is 0.0136. The number of unbranched alkanes of at least 4 members (excludes halogenated alkanes) is 1. The van der Waals surface area contributed by atoms with Crippen LogP contribution in [0.2, 0.25) is 0 Å². The number of hydrogen-bond donors (Lipinski definition) is 2. The van der Waals surface area contributed by atoms with E-state index in [-0.39, 0.29) is 12.6 Å². The summed E-state index contributed by atoms with van der Waals surface area (Å²) in [5.41, 5.74) is 1.36. The first kappa shape index (κ1) is 16.0. The fourth-order valence-corrected chi connectivity index (χ4v) is 1.85. The lowest BCUT2D eigenvalue weighted by Crippen LogP contribution is -2.38. The van der Waals surface area contributed by atoms with Crippen LogP contribution in [0.4, 0.5) is 0 Å². The van der Waals surface area contributed by atoms with E-state index in [0.717, 1.165) is 25.1 Å². The van der Waals surface area contributed by atoms with Crippen molar-refractivity contribution in [1.82, 2.24) is 5.32 Å². The van der Waals surface area contributed by atoms with Crippen molar-refractivity contribution in [3.05, 3.63) is 29.8 Å². The Morgan fingerprint density at radius 2 is 1.89 bits per heavy atom. The van der Waals surface area contributed by atoms with Crippen LogP contribution in [0.5, 0.6) is 5.75 Å². The van der Waals surface area contributed by atoms with Gasteiger partial charge in [-0.15, -0.1) is 0 Å². The number of aliphatic hydroxyl groups excluding tert-OH is 1. The normalized spacial score (nSPS) is 12.4. The summed E-state index contributed by atoms with van der Waals surface area (Å²) in [4.78, 5) is 0. The molecule has 19 heavy (non-hydrogen) atoms. The standard InChI is InChI=1S/C16H27NO2/c1-3-5-6-14-7-9-16(10-8-14)19-13-15(12-18)17-11-4-2/h7-10,15,17-18H,3-6,11-13H2,1-2H3. The number of benzene rings is 1. The lowest BCUT2D eigenvalue weighted by atomic mass is 10.1. The van der Waals surface area contributed by atoms with Crippen LogP contribution in [-0.2, 0) is 6.42 Å². The zero-order valence-corrected chi connectivity index (χ0v) is 12.2. The van der Waals surface area contributed by atoms with Gasteiger partial charge >= 0.3 is 0 Å². The molecule has 1 rings (SSSR count). The second kappa shape index (κ2) is 9.82. The van der Waals surface area contributed by atoms with E-state index in [1.807, 2.05) is 12.1 Å². The van der Waals surface area contributed by atoms with Crippen molar-refractivity contribution in [2.24, 2.45) is 0 Å². The zero-order chi connectivity index (χ0) is 13.9. The third-order valence-corrected chi connectivity index (χ3v) is 3.10. The number of rotatable bonds is 10. The first-order valence-corrected chi connectivity index (χ1v) is 7.36. The van der Waals surface area contributed by atoms with Crippen molar-refractivity contribution in [3.8, 4) is 5.75 Å². The molecule has 0 aromatic heterocycles. The molecule has 1 aromatic carbocycles. The number of hydrogen-bond acceptors (Lipinski definition) is 3. The summed E-state index contributed by atoms with van der Waals surface area (Å²) in [6, 6.07) is 8.29. The first-order valence-electron chi connectivity index (χ1n) is 7.36. The van der Waals surface area contributed by atoms with E-state index in [0.29, 0.717) is 6.61 Å². The maximum Gasteiger partial charge on any atom is 0.119 e. The highest BCUT2D eigenvalue weighted by atomic mass is 16.5. The molecule has 108 valence electrons. The highest BCUT2D eigenvalue weighted by Gasteiger charge is 2.06. The third kappa shape index (κ3) is 6.60. The Balaban J connectivity index is 2.35. The first-order chi connectivity index (χ1) is 9.30. The van der Waals surface area contributed by atoms with Crippen LogP contribution in [0.3, 0.4) is 0 Å². The van der Waals surface area contributed by atoms with E-state index in [1.165, 1.54) is 18.4 Å². The molecule has 3 nitrogen and oxygen atoms in total. The van der Waals surface area contributed by atoms with Crippen LogP contribution in [0, 0.1) is 0 Å². The third-order valence-electron chi connectivity index (χ3n) is 3.10. The lowest BCUT2D eigenvalue weighted by Gasteiger charge is -2.16. The summed E-state index contributed by atoms with van der Waals surface area (Å²) in [6.07, 6.45) is 4.64. The molecule has 0 amide bonds. The highest BCUT2D eigenvalue weighted by molar-refractivity contribution is 5.27. The van der Waals surface area contributed by atoms with Gasteiger partial charge in [-0.2, -0.15) is 0 Å². The largest absolute Gasteiger partial charge is 0.492 e. The van der Waals surface area contributed by atoms with Gasteiger partial charge in [0.1, 0.15) is 12.4 Å². The molecule has 0 radical (unpaired) electrons. The van der Waals surface area contributed by atoms with E-state index in [2.05, 4.69) is 31.3 Å². The molecule has 0 aliphatic heterocycles. The van der Waals surface area contributed by atoms with Crippen LogP contribution >= 0.6 is 0 Å². The van der Waals surface area contributed by atoms with Crippen LogP contribution in [0.1, 0.15) is 38.7 Å². The summed E-state index contributed by atoms with van der Waals surface area (Å²) in [7, 11) is 0. The Bertz CT molecular complexity index is 324. The van der Waals surface area contributed by atoms with Crippen LogP contribution in [0.25, 0.3) is 0 Å². The van der Waals surface area contributed by atoms with E-state index < -0.39 is 0 Å². The Labute approximate surface area is 117 Å². The average molecular weight is 265 g/mol. The topological polar surface area (TPSA) is 41.5 Å². The second-order valence-electron chi connectivity index (χ2n) is 4.89. The molecular formula is C16H27NO2. The predicted octanol–water partition coefficient (Wildman–Crippen LogP) is 2.77.